The predicted octanol–water partition coefficient (Wildman–Crippen LogP) is 3.80. The Morgan fingerprint density at radius 1 is 1.12 bits per heavy atom. The van der Waals surface area contributed by atoms with Crippen molar-refractivity contribution < 1.29 is 35.4 Å². The van der Waals surface area contributed by atoms with Gasteiger partial charge >= 0.3 is 0 Å². The number of hydrogen-bond donors (Lipinski definition) is 6. The third-order valence-electron chi connectivity index (χ3n) is 11.1. The summed E-state index contributed by atoms with van der Waals surface area (Å²) in [5, 5.41) is 62.2. The first-order valence-corrected chi connectivity index (χ1v) is 15.5. The minimum atomic E-state index is -1.53. The monoisotopic (exact) mass is 562 g/mol. The molecule has 0 aromatic rings. The van der Waals surface area contributed by atoms with E-state index in [-0.39, 0.29) is 11.8 Å². The second-order valence-electron chi connectivity index (χ2n) is 14.3. The van der Waals surface area contributed by atoms with Gasteiger partial charge in [0.15, 0.2) is 0 Å². The Morgan fingerprint density at radius 2 is 1.85 bits per heavy atom. The van der Waals surface area contributed by atoms with Crippen LogP contribution in [0.1, 0.15) is 91.9 Å². The highest BCUT2D eigenvalue weighted by Crippen LogP contribution is 2.60. The zero-order valence-electron chi connectivity index (χ0n) is 25.1. The van der Waals surface area contributed by atoms with Crippen molar-refractivity contribution in [2.75, 3.05) is 13.2 Å². The van der Waals surface area contributed by atoms with Crippen LogP contribution < -0.4 is 0 Å². The highest BCUT2D eigenvalue weighted by atomic mass is 16.6. The fraction of sp³-hybridized carbons (Fsp3) is 0.818. The van der Waals surface area contributed by atoms with E-state index in [1.807, 2.05) is 13.8 Å². The molecule has 1 heterocycles. The van der Waals surface area contributed by atoms with E-state index in [9.17, 15) is 30.6 Å². The average Bonchev–Trinajstić information content (AvgIpc) is 3.38. The lowest BCUT2D eigenvalue weighted by Gasteiger charge is -2.44. The van der Waals surface area contributed by atoms with Gasteiger partial charge in [-0.2, -0.15) is 0 Å². The zero-order chi connectivity index (χ0) is 29.5. The Morgan fingerprint density at radius 3 is 2.48 bits per heavy atom. The van der Waals surface area contributed by atoms with Crippen molar-refractivity contribution in [1.82, 2.24) is 0 Å². The second kappa shape index (κ2) is 12.3. The minimum absolute atomic E-state index is 0.253. The van der Waals surface area contributed by atoms with Crippen LogP contribution in [0.4, 0.5) is 0 Å². The van der Waals surface area contributed by atoms with Crippen molar-refractivity contribution in [3.05, 3.63) is 35.5 Å². The van der Waals surface area contributed by atoms with Crippen LogP contribution in [0.2, 0.25) is 0 Å². The second-order valence-corrected chi connectivity index (χ2v) is 14.3. The van der Waals surface area contributed by atoms with Gasteiger partial charge in [-0.1, -0.05) is 51.0 Å². The molecule has 0 bridgehead atoms. The van der Waals surface area contributed by atoms with E-state index in [2.05, 4.69) is 32.6 Å². The molecule has 7 nitrogen and oxygen atoms in total. The van der Waals surface area contributed by atoms with E-state index in [4.69, 9.17) is 4.74 Å². The van der Waals surface area contributed by atoms with Crippen LogP contribution in [0.3, 0.4) is 0 Å². The van der Waals surface area contributed by atoms with Crippen LogP contribution in [0.15, 0.2) is 35.5 Å². The molecule has 3 saturated carbocycles. The van der Waals surface area contributed by atoms with Crippen LogP contribution in [0, 0.1) is 29.1 Å². The minimum Gasteiger partial charge on any atom is -0.394 e. The summed E-state index contributed by atoms with van der Waals surface area (Å²) in [6.07, 6.45) is 9.48. The molecule has 0 aromatic carbocycles. The maximum atomic E-state index is 10.9. The van der Waals surface area contributed by atoms with Crippen molar-refractivity contribution in [3.63, 3.8) is 0 Å². The summed E-state index contributed by atoms with van der Waals surface area (Å²) in [7, 11) is 0. The van der Waals surface area contributed by atoms with E-state index >= 15 is 0 Å². The van der Waals surface area contributed by atoms with Gasteiger partial charge in [0.1, 0.15) is 23.9 Å². The molecule has 4 rings (SSSR count). The van der Waals surface area contributed by atoms with E-state index in [1.54, 1.807) is 0 Å². The molecule has 0 radical (unpaired) electrons. The van der Waals surface area contributed by atoms with Gasteiger partial charge in [-0.15, -0.1) is 0 Å². The number of allylic oxidation sites excluding steroid dienone is 3. The van der Waals surface area contributed by atoms with Crippen LogP contribution >= 0.6 is 0 Å². The maximum Gasteiger partial charge on any atom is 0.127 e. The van der Waals surface area contributed by atoms with Crippen LogP contribution in [0.5, 0.6) is 0 Å². The highest BCUT2D eigenvalue weighted by molar-refractivity contribution is 5.40. The first-order valence-electron chi connectivity index (χ1n) is 15.5. The summed E-state index contributed by atoms with van der Waals surface area (Å²) in [5.74, 6) is 1.23. The largest absolute Gasteiger partial charge is 0.394 e. The Kier molecular flexibility index (Phi) is 9.78. The number of aliphatic hydroxyl groups is 6. The van der Waals surface area contributed by atoms with Gasteiger partial charge < -0.3 is 35.4 Å². The Hall–Kier alpha value is -1.06. The molecule has 0 aromatic heterocycles. The molecule has 10 atom stereocenters. The molecule has 7 heteroatoms. The van der Waals surface area contributed by atoms with Gasteiger partial charge in [0.2, 0.25) is 0 Å². The van der Waals surface area contributed by atoms with Gasteiger partial charge in [0.05, 0.1) is 24.9 Å². The van der Waals surface area contributed by atoms with Gasteiger partial charge in [0.25, 0.3) is 0 Å². The summed E-state index contributed by atoms with van der Waals surface area (Å²) in [4.78, 5) is 0. The first-order chi connectivity index (χ1) is 18.8. The van der Waals surface area contributed by atoms with Crippen LogP contribution in [-0.4, -0.2) is 79.5 Å². The molecule has 3 aliphatic carbocycles. The summed E-state index contributed by atoms with van der Waals surface area (Å²) >= 11 is 0. The van der Waals surface area contributed by atoms with Crippen molar-refractivity contribution >= 4 is 0 Å². The molecule has 0 spiro atoms. The first kappa shape index (κ1) is 31.9. The van der Waals surface area contributed by atoms with Crippen LogP contribution in [-0.2, 0) is 4.74 Å². The van der Waals surface area contributed by atoms with E-state index in [0.717, 1.165) is 37.7 Å². The van der Waals surface area contributed by atoms with Gasteiger partial charge in [-0.3, -0.25) is 0 Å². The normalized spacial score (nSPS) is 43.5. The fourth-order valence-corrected chi connectivity index (χ4v) is 8.84. The smallest absolute Gasteiger partial charge is 0.127 e. The number of hydrogen-bond acceptors (Lipinski definition) is 7. The Balaban J connectivity index is 1.52. The lowest BCUT2D eigenvalue weighted by Crippen LogP contribution is -2.54. The van der Waals surface area contributed by atoms with Crippen LogP contribution in [0.25, 0.3) is 0 Å². The SMILES string of the molecule is C=C1/C(=C\C=C2CCC[C@@]3(C)C2CC[C@@H]3[C@H](C)CCCC(C)(C)O)C[C@@H](O)C[C@@H]1[C@@]1(CO)O[C@H](CO)[C@@H](O)[C@@H]1O. The van der Waals surface area contributed by atoms with Crippen molar-refractivity contribution in [2.24, 2.45) is 29.1 Å². The summed E-state index contributed by atoms with van der Waals surface area (Å²) in [6.45, 7) is 11.9. The Labute approximate surface area is 240 Å². The predicted molar refractivity (Wildman–Crippen MR) is 155 cm³/mol. The molecule has 4 fully saturated rings. The van der Waals surface area contributed by atoms with Gasteiger partial charge in [-0.25, -0.2) is 0 Å². The Bertz CT molecular complexity index is 966. The molecule has 228 valence electrons. The molecular formula is C33H54O7. The number of fused-ring (bicyclic) bond motifs is 1. The molecular weight excluding hydrogens is 508 g/mol. The zero-order valence-corrected chi connectivity index (χ0v) is 25.1. The van der Waals surface area contributed by atoms with E-state index in [0.29, 0.717) is 29.7 Å². The fourth-order valence-electron chi connectivity index (χ4n) is 8.84. The maximum absolute atomic E-state index is 10.9. The molecule has 1 aliphatic heterocycles. The summed E-state index contributed by atoms with van der Waals surface area (Å²) in [5.41, 5.74) is 1.17. The molecule has 0 amide bonds. The van der Waals surface area contributed by atoms with Gasteiger partial charge in [0, 0.05) is 5.92 Å². The summed E-state index contributed by atoms with van der Waals surface area (Å²) in [6, 6.07) is 0. The van der Waals surface area contributed by atoms with Crippen molar-refractivity contribution in [3.8, 4) is 0 Å². The van der Waals surface area contributed by atoms with E-state index < -0.39 is 54.7 Å². The highest BCUT2D eigenvalue weighted by Gasteiger charge is 2.59. The van der Waals surface area contributed by atoms with Crippen molar-refractivity contribution in [2.45, 2.75) is 128 Å². The quantitative estimate of drug-likeness (QED) is 0.252. The molecule has 6 N–H and O–H groups in total. The molecule has 4 aliphatic rings. The molecule has 40 heavy (non-hydrogen) atoms. The number of ether oxygens (including phenoxy) is 1. The number of rotatable bonds is 9. The van der Waals surface area contributed by atoms with E-state index in [1.165, 1.54) is 24.8 Å². The average molecular weight is 563 g/mol. The number of aliphatic hydroxyl groups excluding tert-OH is 5. The third-order valence-corrected chi connectivity index (χ3v) is 11.1. The lowest BCUT2D eigenvalue weighted by atomic mass is 9.60. The molecule has 1 unspecified atom stereocenters. The standard InChI is InChI=1S/C33H54O7/c1-20(8-6-14-31(3,4)39)25-12-13-26-22(9-7-15-32(25,26)5)10-11-23-16-24(36)17-27(21(23)2)33(19-35)30(38)29(37)28(18-34)40-33/h10-11,20,24-30,34-39H,2,6-9,12-19H2,1,3-5H3/b22-10?,23-11-/t20-,24-,25-,26?,27+,28-,29-,30+,32-,33-/m1/s1. The summed E-state index contributed by atoms with van der Waals surface area (Å²) < 4.78 is 5.90. The van der Waals surface area contributed by atoms with Gasteiger partial charge in [-0.05, 0) is 99.5 Å². The molecule has 1 saturated heterocycles. The third kappa shape index (κ3) is 6.03. The topological polar surface area (TPSA) is 131 Å². The van der Waals surface area contributed by atoms with Crippen molar-refractivity contribution in [1.29, 1.82) is 0 Å². The lowest BCUT2D eigenvalue weighted by molar-refractivity contribution is -0.150.